The quantitative estimate of drug-likeness (QED) is 0.835. The fourth-order valence-electron chi connectivity index (χ4n) is 1.58. The van der Waals surface area contributed by atoms with E-state index in [1.54, 1.807) is 13.0 Å². The molecule has 1 aromatic rings. The van der Waals surface area contributed by atoms with Gasteiger partial charge in [-0.2, -0.15) is 0 Å². The molecule has 1 aromatic heterocycles. The van der Waals surface area contributed by atoms with Crippen LogP contribution in [-0.2, 0) is 4.74 Å². The third kappa shape index (κ3) is 2.30. The van der Waals surface area contributed by atoms with Crippen molar-refractivity contribution in [3.05, 3.63) is 23.5 Å². The van der Waals surface area contributed by atoms with Crippen molar-refractivity contribution < 1.29 is 19.4 Å². The van der Waals surface area contributed by atoms with Gasteiger partial charge < -0.3 is 14.6 Å². The molecule has 1 aliphatic heterocycles. The van der Waals surface area contributed by atoms with Gasteiger partial charge in [-0.25, -0.2) is 4.79 Å². The number of aryl methyl sites for hydroxylation is 1. The zero-order valence-electron chi connectivity index (χ0n) is 8.97. The van der Waals surface area contributed by atoms with Crippen molar-refractivity contribution >= 4 is 5.97 Å². The summed E-state index contributed by atoms with van der Waals surface area (Å²) in [6, 6.07) is 1.64. The summed E-state index contributed by atoms with van der Waals surface area (Å²) in [5.41, 5.74) is 0.830. The lowest BCUT2D eigenvalue weighted by atomic mass is 10.2. The van der Waals surface area contributed by atoms with Crippen molar-refractivity contribution in [2.24, 2.45) is 0 Å². The second-order valence-corrected chi connectivity index (χ2v) is 3.73. The molecule has 86 valence electrons. The van der Waals surface area contributed by atoms with Gasteiger partial charge in [0.2, 0.25) is 0 Å². The first-order valence-electron chi connectivity index (χ1n) is 5.11. The van der Waals surface area contributed by atoms with Crippen LogP contribution in [0.15, 0.2) is 12.3 Å². The van der Waals surface area contributed by atoms with Gasteiger partial charge in [-0.3, -0.25) is 4.98 Å². The van der Waals surface area contributed by atoms with E-state index < -0.39 is 5.97 Å². The van der Waals surface area contributed by atoms with Gasteiger partial charge in [-0.15, -0.1) is 0 Å². The normalized spacial score (nSPS) is 19.7. The Balaban J connectivity index is 2.22. The van der Waals surface area contributed by atoms with Crippen molar-refractivity contribution in [3.8, 4) is 5.75 Å². The van der Waals surface area contributed by atoms with Crippen LogP contribution >= 0.6 is 0 Å². The molecule has 16 heavy (non-hydrogen) atoms. The number of rotatable bonds is 3. The monoisotopic (exact) mass is 223 g/mol. The Hall–Kier alpha value is -1.62. The fraction of sp³-hybridized carbons (Fsp3) is 0.455. The number of ether oxygens (including phenoxy) is 2. The zero-order chi connectivity index (χ0) is 11.5. The third-order valence-corrected chi connectivity index (χ3v) is 2.41. The molecule has 0 aliphatic carbocycles. The molecule has 5 heteroatoms. The molecule has 0 bridgehead atoms. The summed E-state index contributed by atoms with van der Waals surface area (Å²) >= 11 is 0. The summed E-state index contributed by atoms with van der Waals surface area (Å²) in [5, 5.41) is 8.98. The summed E-state index contributed by atoms with van der Waals surface area (Å²) in [7, 11) is 0. The first-order valence-corrected chi connectivity index (χ1v) is 5.11. The average Bonchev–Trinajstić information content (AvgIpc) is 2.70. The first-order chi connectivity index (χ1) is 7.66. The molecule has 1 N–H and O–H groups in total. The van der Waals surface area contributed by atoms with Crippen LogP contribution in [0.25, 0.3) is 0 Å². The molecular weight excluding hydrogens is 210 g/mol. The Morgan fingerprint density at radius 3 is 3.12 bits per heavy atom. The molecule has 0 amide bonds. The lowest BCUT2D eigenvalue weighted by molar-refractivity contribution is 0.0686. The number of pyridine rings is 1. The van der Waals surface area contributed by atoms with Crippen molar-refractivity contribution in [2.45, 2.75) is 19.4 Å². The molecule has 1 fully saturated rings. The second-order valence-electron chi connectivity index (χ2n) is 3.73. The maximum atomic E-state index is 11.0. The highest BCUT2D eigenvalue weighted by molar-refractivity contribution is 5.90. The average molecular weight is 223 g/mol. The highest BCUT2D eigenvalue weighted by Crippen LogP contribution is 2.22. The number of carboxylic acids is 1. The summed E-state index contributed by atoms with van der Waals surface area (Å²) in [4.78, 5) is 14.9. The van der Waals surface area contributed by atoms with E-state index in [9.17, 15) is 4.79 Å². The maximum absolute atomic E-state index is 11.0. The van der Waals surface area contributed by atoms with Gasteiger partial charge in [0.15, 0.2) is 0 Å². The van der Waals surface area contributed by atoms with E-state index in [1.807, 2.05) is 0 Å². The fourth-order valence-corrected chi connectivity index (χ4v) is 1.58. The molecule has 1 aliphatic rings. The Bertz CT molecular complexity index is 399. The van der Waals surface area contributed by atoms with E-state index in [0.29, 0.717) is 19.0 Å². The molecule has 0 radical (unpaired) electrons. The van der Waals surface area contributed by atoms with E-state index >= 15 is 0 Å². The third-order valence-electron chi connectivity index (χ3n) is 2.41. The molecule has 1 saturated heterocycles. The smallest absolute Gasteiger partial charge is 0.341 e. The van der Waals surface area contributed by atoms with E-state index in [2.05, 4.69) is 4.98 Å². The van der Waals surface area contributed by atoms with Crippen molar-refractivity contribution in [2.75, 3.05) is 13.2 Å². The lowest BCUT2D eigenvalue weighted by Crippen LogP contribution is -2.17. The SMILES string of the molecule is Cc1cc(OC2CCOC2)c(C(=O)O)cn1. The minimum atomic E-state index is -1.03. The molecule has 1 atom stereocenters. The molecule has 1 unspecified atom stereocenters. The molecule has 2 rings (SSSR count). The van der Waals surface area contributed by atoms with Gasteiger partial charge in [0.25, 0.3) is 0 Å². The number of aromatic nitrogens is 1. The van der Waals surface area contributed by atoms with Gasteiger partial charge in [-0.1, -0.05) is 0 Å². The van der Waals surface area contributed by atoms with Gasteiger partial charge in [0.1, 0.15) is 17.4 Å². The van der Waals surface area contributed by atoms with E-state index in [-0.39, 0.29) is 11.7 Å². The summed E-state index contributed by atoms with van der Waals surface area (Å²) in [5.74, 6) is -0.656. The zero-order valence-corrected chi connectivity index (χ0v) is 8.97. The molecular formula is C11H13NO4. The lowest BCUT2D eigenvalue weighted by Gasteiger charge is -2.13. The Morgan fingerprint density at radius 2 is 2.50 bits per heavy atom. The maximum Gasteiger partial charge on any atom is 0.341 e. The predicted molar refractivity (Wildman–Crippen MR) is 55.8 cm³/mol. The number of aromatic carboxylic acids is 1. The predicted octanol–water partition coefficient (Wildman–Crippen LogP) is 1.26. The summed E-state index contributed by atoms with van der Waals surface area (Å²) in [6.07, 6.45) is 2.06. The summed E-state index contributed by atoms with van der Waals surface area (Å²) < 4.78 is 10.8. The van der Waals surface area contributed by atoms with Crippen LogP contribution in [0, 0.1) is 6.92 Å². The van der Waals surface area contributed by atoms with Crippen molar-refractivity contribution in [3.63, 3.8) is 0 Å². The van der Waals surface area contributed by atoms with Crippen LogP contribution in [0.5, 0.6) is 5.75 Å². The van der Waals surface area contributed by atoms with Crippen molar-refractivity contribution in [1.82, 2.24) is 4.98 Å². The van der Waals surface area contributed by atoms with E-state index in [4.69, 9.17) is 14.6 Å². The van der Waals surface area contributed by atoms with Gasteiger partial charge in [0, 0.05) is 24.4 Å². The minimum absolute atomic E-state index is 0.0556. The van der Waals surface area contributed by atoms with Crippen LogP contribution in [0.3, 0.4) is 0 Å². The molecule has 0 saturated carbocycles. The second kappa shape index (κ2) is 4.49. The molecule has 0 aromatic carbocycles. The van der Waals surface area contributed by atoms with Crippen molar-refractivity contribution in [1.29, 1.82) is 0 Å². The van der Waals surface area contributed by atoms with Gasteiger partial charge >= 0.3 is 5.97 Å². The highest BCUT2D eigenvalue weighted by atomic mass is 16.5. The van der Waals surface area contributed by atoms with Crippen LogP contribution in [0.4, 0.5) is 0 Å². The Kier molecular flexibility index (Phi) is 3.05. The van der Waals surface area contributed by atoms with Crippen LogP contribution in [-0.4, -0.2) is 35.4 Å². The highest BCUT2D eigenvalue weighted by Gasteiger charge is 2.20. The summed E-state index contributed by atoms with van der Waals surface area (Å²) in [6.45, 7) is 2.97. The van der Waals surface area contributed by atoms with Gasteiger partial charge in [-0.05, 0) is 6.92 Å². The number of hydrogen-bond acceptors (Lipinski definition) is 4. The molecule has 5 nitrogen and oxygen atoms in total. The number of nitrogens with zero attached hydrogens (tertiary/aromatic N) is 1. The number of hydrogen-bond donors (Lipinski definition) is 1. The number of carboxylic acid groups (broad SMARTS) is 1. The topological polar surface area (TPSA) is 68.7 Å². The standard InChI is InChI=1S/C11H13NO4/c1-7-4-10(9(5-12-7)11(13)14)16-8-2-3-15-6-8/h4-5,8H,2-3,6H2,1H3,(H,13,14). The largest absolute Gasteiger partial charge is 0.487 e. The molecule has 0 spiro atoms. The minimum Gasteiger partial charge on any atom is -0.487 e. The van der Waals surface area contributed by atoms with Crippen LogP contribution in [0.1, 0.15) is 22.5 Å². The number of carbonyl (C=O) groups is 1. The van der Waals surface area contributed by atoms with Gasteiger partial charge in [0.05, 0.1) is 13.2 Å². The van der Waals surface area contributed by atoms with E-state index in [0.717, 1.165) is 12.1 Å². The van der Waals surface area contributed by atoms with Crippen LogP contribution < -0.4 is 4.74 Å². The first kappa shape index (κ1) is 10.9. The Morgan fingerprint density at radius 1 is 1.69 bits per heavy atom. The molecule has 2 heterocycles. The van der Waals surface area contributed by atoms with E-state index in [1.165, 1.54) is 6.20 Å². The van der Waals surface area contributed by atoms with Crippen LogP contribution in [0.2, 0.25) is 0 Å². The Labute approximate surface area is 93.0 Å².